The van der Waals surface area contributed by atoms with Crippen molar-refractivity contribution in [1.29, 1.82) is 0 Å². The molecule has 1 heterocycles. The molecule has 0 bridgehead atoms. The monoisotopic (exact) mass is 201 g/mol. The lowest BCUT2D eigenvalue weighted by Gasteiger charge is -2.09. The standard InChI is InChI=1S/C12H15N3/c1-2-15-11-7-10(12(13)5-6-12)4-3-9(11)8-14-15/h3-4,7-8H,2,5-6,13H2,1H3. The highest BCUT2D eigenvalue weighted by atomic mass is 15.3. The van der Waals surface area contributed by atoms with Crippen molar-refractivity contribution in [3.05, 3.63) is 30.0 Å². The van der Waals surface area contributed by atoms with Crippen molar-refractivity contribution in [3.63, 3.8) is 0 Å². The van der Waals surface area contributed by atoms with E-state index >= 15 is 0 Å². The minimum Gasteiger partial charge on any atom is -0.321 e. The van der Waals surface area contributed by atoms with Crippen LogP contribution < -0.4 is 5.73 Å². The number of benzene rings is 1. The summed E-state index contributed by atoms with van der Waals surface area (Å²) in [6, 6.07) is 6.45. The van der Waals surface area contributed by atoms with Gasteiger partial charge in [-0.2, -0.15) is 5.10 Å². The van der Waals surface area contributed by atoms with Gasteiger partial charge >= 0.3 is 0 Å². The molecule has 0 radical (unpaired) electrons. The molecular formula is C12H15N3. The van der Waals surface area contributed by atoms with Crippen molar-refractivity contribution in [1.82, 2.24) is 9.78 Å². The Labute approximate surface area is 88.9 Å². The van der Waals surface area contributed by atoms with Crippen LogP contribution in [-0.4, -0.2) is 9.78 Å². The molecule has 2 N–H and O–H groups in total. The largest absolute Gasteiger partial charge is 0.321 e. The van der Waals surface area contributed by atoms with E-state index in [2.05, 4.69) is 30.2 Å². The minimum absolute atomic E-state index is 0.0446. The van der Waals surface area contributed by atoms with E-state index < -0.39 is 0 Å². The number of aryl methyl sites for hydroxylation is 1. The van der Waals surface area contributed by atoms with Crippen LogP contribution >= 0.6 is 0 Å². The Hall–Kier alpha value is -1.35. The van der Waals surface area contributed by atoms with Crippen LogP contribution in [0.1, 0.15) is 25.3 Å². The van der Waals surface area contributed by atoms with E-state index in [1.165, 1.54) is 16.5 Å². The van der Waals surface area contributed by atoms with E-state index in [1.807, 2.05) is 10.9 Å². The number of rotatable bonds is 2. The van der Waals surface area contributed by atoms with Gasteiger partial charge in [0.25, 0.3) is 0 Å². The summed E-state index contributed by atoms with van der Waals surface area (Å²) in [4.78, 5) is 0. The van der Waals surface area contributed by atoms with Gasteiger partial charge in [-0.25, -0.2) is 0 Å². The molecule has 0 amide bonds. The fourth-order valence-corrected chi connectivity index (χ4v) is 2.06. The van der Waals surface area contributed by atoms with Crippen LogP contribution in [0.5, 0.6) is 0 Å². The molecule has 3 nitrogen and oxygen atoms in total. The van der Waals surface area contributed by atoms with Gasteiger partial charge < -0.3 is 5.73 Å². The van der Waals surface area contributed by atoms with E-state index in [0.717, 1.165) is 19.4 Å². The Morgan fingerprint density at radius 3 is 2.93 bits per heavy atom. The summed E-state index contributed by atoms with van der Waals surface area (Å²) in [7, 11) is 0. The maximum atomic E-state index is 6.19. The van der Waals surface area contributed by atoms with Crippen LogP contribution in [0.25, 0.3) is 10.9 Å². The van der Waals surface area contributed by atoms with Gasteiger partial charge in [-0.05, 0) is 31.4 Å². The molecule has 0 aliphatic heterocycles. The molecular weight excluding hydrogens is 186 g/mol. The maximum absolute atomic E-state index is 6.19. The topological polar surface area (TPSA) is 43.8 Å². The summed E-state index contributed by atoms with van der Waals surface area (Å²) in [5, 5.41) is 5.53. The Kier molecular flexibility index (Phi) is 1.68. The maximum Gasteiger partial charge on any atom is 0.0685 e. The SMILES string of the molecule is CCn1ncc2ccc(C3(N)CC3)cc21. The molecule has 2 aromatic rings. The highest BCUT2D eigenvalue weighted by molar-refractivity contribution is 5.79. The summed E-state index contributed by atoms with van der Waals surface area (Å²) >= 11 is 0. The van der Waals surface area contributed by atoms with Crippen LogP contribution in [0.2, 0.25) is 0 Å². The lowest BCUT2D eigenvalue weighted by molar-refractivity contribution is 0.681. The highest BCUT2D eigenvalue weighted by Gasteiger charge is 2.40. The zero-order chi connectivity index (χ0) is 10.5. The average Bonchev–Trinajstić information content (AvgIpc) is 2.88. The van der Waals surface area contributed by atoms with Crippen LogP contribution in [0.15, 0.2) is 24.4 Å². The quantitative estimate of drug-likeness (QED) is 0.807. The van der Waals surface area contributed by atoms with Crippen molar-refractivity contribution in [2.45, 2.75) is 31.8 Å². The fraction of sp³-hybridized carbons (Fsp3) is 0.417. The minimum atomic E-state index is -0.0446. The second-order valence-electron chi connectivity index (χ2n) is 4.39. The summed E-state index contributed by atoms with van der Waals surface area (Å²) in [5.41, 5.74) is 8.60. The molecule has 0 saturated heterocycles. The predicted octanol–water partition coefficient (Wildman–Crippen LogP) is 2.00. The van der Waals surface area contributed by atoms with Crippen molar-refractivity contribution < 1.29 is 0 Å². The summed E-state index contributed by atoms with van der Waals surface area (Å²) in [6.45, 7) is 3.01. The second-order valence-corrected chi connectivity index (χ2v) is 4.39. The molecule has 1 aliphatic carbocycles. The van der Waals surface area contributed by atoms with Crippen molar-refractivity contribution >= 4 is 10.9 Å². The van der Waals surface area contributed by atoms with Crippen molar-refractivity contribution in [2.75, 3.05) is 0 Å². The van der Waals surface area contributed by atoms with Crippen LogP contribution in [-0.2, 0) is 12.1 Å². The zero-order valence-corrected chi connectivity index (χ0v) is 8.90. The summed E-state index contributed by atoms with van der Waals surface area (Å²) < 4.78 is 2.02. The first-order chi connectivity index (χ1) is 7.23. The lowest BCUT2D eigenvalue weighted by atomic mass is 10.0. The molecule has 0 spiro atoms. The first-order valence-corrected chi connectivity index (χ1v) is 5.48. The molecule has 3 heteroatoms. The molecule has 1 aromatic heterocycles. The predicted molar refractivity (Wildman–Crippen MR) is 60.5 cm³/mol. The zero-order valence-electron chi connectivity index (χ0n) is 8.90. The second kappa shape index (κ2) is 2.83. The number of nitrogens with two attached hydrogens (primary N) is 1. The highest BCUT2D eigenvalue weighted by Crippen LogP contribution is 2.43. The van der Waals surface area contributed by atoms with Crippen molar-refractivity contribution in [3.8, 4) is 0 Å². The van der Waals surface area contributed by atoms with E-state index in [-0.39, 0.29) is 5.54 Å². The van der Waals surface area contributed by atoms with Crippen LogP contribution in [0, 0.1) is 0 Å². The van der Waals surface area contributed by atoms with E-state index in [4.69, 9.17) is 5.73 Å². The first kappa shape index (κ1) is 8.92. The number of fused-ring (bicyclic) bond motifs is 1. The van der Waals surface area contributed by atoms with Gasteiger partial charge in [0.15, 0.2) is 0 Å². The lowest BCUT2D eigenvalue weighted by Crippen LogP contribution is -2.18. The van der Waals surface area contributed by atoms with E-state index in [9.17, 15) is 0 Å². The van der Waals surface area contributed by atoms with Gasteiger partial charge in [0.2, 0.25) is 0 Å². The van der Waals surface area contributed by atoms with Gasteiger partial charge in [0.05, 0.1) is 11.7 Å². The van der Waals surface area contributed by atoms with Gasteiger partial charge in [-0.15, -0.1) is 0 Å². The summed E-state index contributed by atoms with van der Waals surface area (Å²) in [5.74, 6) is 0. The van der Waals surface area contributed by atoms with Gasteiger partial charge in [0.1, 0.15) is 0 Å². The third kappa shape index (κ3) is 1.27. The van der Waals surface area contributed by atoms with Gasteiger partial charge in [-0.3, -0.25) is 4.68 Å². The summed E-state index contributed by atoms with van der Waals surface area (Å²) in [6.07, 6.45) is 4.14. The number of aromatic nitrogens is 2. The third-order valence-corrected chi connectivity index (χ3v) is 3.31. The molecule has 15 heavy (non-hydrogen) atoms. The Balaban J connectivity index is 2.19. The fourth-order valence-electron chi connectivity index (χ4n) is 2.06. The van der Waals surface area contributed by atoms with Crippen molar-refractivity contribution in [2.24, 2.45) is 5.73 Å². The molecule has 78 valence electrons. The Bertz CT molecular complexity index is 509. The van der Waals surface area contributed by atoms with E-state index in [1.54, 1.807) is 0 Å². The van der Waals surface area contributed by atoms with E-state index in [0.29, 0.717) is 0 Å². The molecule has 1 saturated carbocycles. The smallest absolute Gasteiger partial charge is 0.0685 e. The molecule has 0 unspecified atom stereocenters. The Morgan fingerprint density at radius 1 is 1.47 bits per heavy atom. The molecule has 0 atom stereocenters. The molecule has 3 rings (SSSR count). The number of nitrogens with zero attached hydrogens (tertiary/aromatic N) is 2. The molecule has 1 aliphatic rings. The number of hydrogen-bond donors (Lipinski definition) is 1. The third-order valence-electron chi connectivity index (χ3n) is 3.31. The molecule has 1 fully saturated rings. The molecule has 1 aromatic carbocycles. The van der Waals surface area contributed by atoms with Crippen LogP contribution in [0.4, 0.5) is 0 Å². The Morgan fingerprint density at radius 2 is 2.27 bits per heavy atom. The number of hydrogen-bond acceptors (Lipinski definition) is 2. The van der Waals surface area contributed by atoms with Gasteiger partial charge in [-0.1, -0.05) is 12.1 Å². The van der Waals surface area contributed by atoms with Gasteiger partial charge in [0, 0.05) is 17.5 Å². The van der Waals surface area contributed by atoms with Crippen LogP contribution in [0.3, 0.4) is 0 Å². The average molecular weight is 201 g/mol. The first-order valence-electron chi connectivity index (χ1n) is 5.48. The normalized spacial score (nSPS) is 18.3.